The fraction of sp³-hybridized carbons (Fsp3) is 0.333. The summed E-state index contributed by atoms with van der Waals surface area (Å²) in [4.78, 5) is 25.7. The average Bonchev–Trinajstić information content (AvgIpc) is 2.64. The summed E-state index contributed by atoms with van der Waals surface area (Å²) in [5.74, 6) is 1.03. The van der Waals surface area contributed by atoms with Crippen molar-refractivity contribution in [1.29, 1.82) is 0 Å². The Labute approximate surface area is 156 Å². The van der Waals surface area contributed by atoms with Crippen LogP contribution in [0.5, 0.6) is 0 Å². The Morgan fingerprint density at radius 1 is 1.27 bits per heavy atom. The molecule has 3 aromatic heterocycles. The minimum Gasteiger partial charge on any atom is -0.369 e. The number of fused-ring (bicyclic) bond motifs is 1. The lowest BCUT2D eigenvalue weighted by molar-refractivity contribution is 0.745. The summed E-state index contributed by atoms with van der Waals surface area (Å²) in [6.45, 7) is 3.18. The largest absolute Gasteiger partial charge is 0.369 e. The zero-order valence-corrected chi connectivity index (χ0v) is 15.3. The summed E-state index contributed by atoms with van der Waals surface area (Å²) in [5, 5.41) is 3.64. The van der Waals surface area contributed by atoms with E-state index in [1.54, 1.807) is 23.0 Å². The number of anilines is 2. The van der Waals surface area contributed by atoms with Gasteiger partial charge < -0.3 is 15.6 Å². The van der Waals surface area contributed by atoms with Crippen LogP contribution in [-0.2, 0) is 12.4 Å². The zero-order valence-electron chi connectivity index (χ0n) is 14.6. The number of halogens is 1. The molecule has 3 rings (SSSR count). The maximum atomic E-state index is 13.0. The number of nitrogens with zero attached hydrogens (tertiary/aromatic N) is 4. The number of nitrogens with one attached hydrogen (secondary N) is 1. The number of aromatic nitrogens is 4. The highest BCUT2D eigenvalue weighted by Gasteiger charge is 2.12. The maximum Gasteiger partial charge on any atom is 0.264 e. The molecular weight excluding hydrogens is 352 g/mol. The topological polar surface area (TPSA) is 98.7 Å². The van der Waals surface area contributed by atoms with Gasteiger partial charge in [0, 0.05) is 24.8 Å². The van der Waals surface area contributed by atoms with Gasteiger partial charge in [-0.15, -0.1) is 11.6 Å². The van der Waals surface area contributed by atoms with Gasteiger partial charge >= 0.3 is 0 Å². The standard InChI is InChI=1S/C18H21ClN6O/c1-2-3-7-21-16-15-14(23-18(20)24-16)6-8-25(17(15)26)11-13-5-4-12(9-19)10-22-13/h4-6,8,10H,2-3,7,9,11H2,1H3,(H3,20,21,23,24). The molecule has 136 valence electrons. The van der Waals surface area contributed by atoms with Crippen molar-refractivity contribution in [1.82, 2.24) is 19.5 Å². The van der Waals surface area contributed by atoms with E-state index in [0.29, 0.717) is 29.1 Å². The van der Waals surface area contributed by atoms with Crippen LogP contribution in [0.1, 0.15) is 31.0 Å². The van der Waals surface area contributed by atoms with Gasteiger partial charge in [-0.3, -0.25) is 9.78 Å². The molecule has 3 heterocycles. The summed E-state index contributed by atoms with van der Waals surface area (Å²) >= 11 is 5.79. The zero-order chi connectivity index (χ0) is 18.5. The molecule has 7 nitrogen and oxygen atoms in total. The predicted molar refractivity (Wildman–Crippen MR) is 105 cm³/mol. The Kier molecular flexibility index (Phi) is 5.68. The van der Waals surface area contributed by atoms with Crippen LogP contribution < -0.4 is 16.6 Å². The lowest BCUT2D eigenvalue weighted by Gasteiger charge is -2.11. The van der Waals surface area contributed by atoms with Crippen molar-refractivity contribution in [3.8, 4) is 0 Å². The number of nitrogen functional groups attached to an aromatic ring is 1. The molecule has 0 aliphatic heterocycles. The average molecular weight is 373 g/mol. The van der Waals surface area contributed by atoms with Crippen molar-refractivity contribution in [2.45, 2.75) is 32.2 Å². The Morgan fingerprint density at radius 2 is 2.12 bits per heavy atom. The van der Waals surface area contributed by atoms with Gasteiger partial charge in [0.05, 0.1) is 17.8 Å². The minimum absolute atomic E-state index is 0.145. The van der Waals surface area contributed by atoms with Gasteiger partial charge in [0.15, 0.2) is 0 Å². The predicted octanol–water partition coefficient (Wildman–Crippen LogP) is 2.77. The van der Waals surface area contributed by atoms with Crippen molar-refractivity contribution < 1.29 is 0 Å². The first-order chi connectivity index (χ1) is 12.6. The molecule has 0 bridgehead atoms. The van der Waals surface area contributed by atoms with E-state index in [1.807, 2.05) is 12.1 Å². The van der Waals surface area contributed by atoms with Crippen LogP contribution in [0, 0.1) is 0 Å². The van der Waals surface area contributed by atoms with Gasteiger partial charge in [0.2, 0.25) is 5.95 Å². The summed E-state index contributed by atoms with van der Waals surface area (Å²) in [7, 11) is 0. The van der Waals surface area contributed by atoms with Crippen LogP contribution in [0.15, 0.2) is 35.4 Å². The minimum atomic E-state index is -0.176. The van der Waals surface area contributed by atoms with E-state index < -0.39 is 0 Å². The molecule has 3 aromatic rings. The van der Waals surface area contributed by atoms with E-state index in [4.69, 9.17) is 17.3 Å². The van der Waals surface area contributed by atoms with E-state index in [-0.39, 0.29) is 11.5 Å². The van der Waals surface area contributed by atoms with Crippen LogP contribution >= 0.6 is 11.6 Å². The van der Waals surface area contributed by atoms with Crippen LogP contribution in [0.2, 0.25) is 0 Å². The Bertz CT molecular complexity index is 954. The highest BCUT2D eigenvalue weighted by Crippen LogP contribution is 2.18. The summed E-state index contributed by atoms with van der Waals surface area (Å²) in [6, 6.07) is 5.55. The molecule has 8 heteroatoms. The van der Waals surface area contributed by atoms with Gasteiger partial charge in [-0.2, -0.15) is 4.98 Å². The molecule has 0 fully saturated rings. The van der Waals surface area contributed by atoms with Crippen LogP contribution in [0.4, 0.5) is 11.8 Å². The maximum absolute atomic E-state index is 13.0. The number of hydrogen-bond acceptors (Lipinski definition) is 6. The third-order valence-corrected chi connectivity index (χ3v) is 4.35. The second kappa shape index (κ2) is 8.14. The lowest BCUT2D eigenvalue weighted by Crippen LogP contribution is -2.23. The molecule has 0 aromatic carbocycles. The Hall–Kier alpha value is -2.67. The molecular formula is C18H21ClN6O. The number of nitrogens with two attached hydrogens (primary N) is 1. The molecule has 0 saturated carbocycles. The summed E-state index contributed by atoms with van der Waals surface area (Å²) in [5.41, 5.74) is 7.84. The number of alkyl halides is 1. The SMILES string of the molecule is CCCCNc1nc(N)nc2ccn(Cc3ccc(CCl)cn3)c(=O)c12. The van der Waals surface area contributed by atoms with Gasteiger partial charge in [-0.25, -0.2) is 4.98 Å². The van der Waals surface area contributed by atoms with Crippen molar-refractivity contribution in [2.75, 3.05) is 17.6 Å². The molecule has 0 radical (unpaired) electrons. The smallest absolute Gasteiger partial charge is 0.264 e. The second-order valence-corrected chi connectivity index (χ2v) is 6.28. The first-order valence-corrected chi connectivity index (χ1v) is 9.06. The van der Waals surface area contributed by atoms with E-state index in [0.717, 1.165) is 30.6 Å². The second-order valence-electron chi connectivity index (χ2n) is 6.01. The fourth-order valence-corrected chi connectivity index (χ4v) is 2.80. The van der Waals surface area contributed by atoms with E-state index >= 15 is 0 Å². The number of unbranched alkanes of at least 4 members (excludes halogenated alkanes) is 1. The molecule has 0 aliphatic carbocycles. The molecule has 26 heavy (non-hydrogen) atoms. The van der Waals surface area contributed by atoms with Gasteiger partial charge in [-0.05, 0) is 24.1 Å². The van der Waals surface area contributed by atoms with Gasteiger partial charge in [-0.1, -0.05) is 19.4 Å². The fourth-order valence-electron chi connectivity index (χ4n) is 2.64. The summed E-state index contributed by atoms with van der Waals surface area (Å²) in [6.07, 6.45) is 5.43. The molecule has 0 unspecified atom stereocenters. The van der Waals surface area contributed by atoms with Crippen molar-refractivity contribution in [2.24, 2.45) is 0 Å². The van der Waals surface area contributed by atoms with Crippen molar-refractivity contribution >= 4 is 34.3 Å². The highest BCUT2D eigenvalue weighted by molar-refractivity contribution is 6.17. The third-order valence-electron chi connectivity index (χ3n) is 4.04. The van der Waals surface area contributed by atoms with Crippen molar-refractivity contribution in [3.05, 3.63) is 52.2 Å². The number of rotatable bonds is 7. The monoisotopic (exact) mass is 372 g/mol. The first-order valence-electron chi connectivity index (χ1n) is 8.52. The van der Waals surface area contributed by atoms with E-state index in [2.05, 4.69) is 27.2 Å². The normalized spacial score (nSPS) is 11.0. The number of hydrogen-bond donors (Lipinski definition) is 2. The molecule has 0 aliphatic rings. The lowest BCUT2D eigenvalue weighted by atomic mass is 10.2. The highest BCUT2D eigenvalue weighted by atomic mass is 35.5. The van der Waals surface area contributed by atoms with Gasteiger partial charge in [0.1, 0.15) is 11.2 Å². The van der Waals surface area contributed by atoms with Crippen molar-refractivity contribution in [3.63, 3.8) is 0 Å². The molecule has 3 N–H and O–H groups in total. The van der Waals surface area contributed by atoms with Crippen LogP contribution in [-0.4, -0.2) is 26.1 Å². The quantitative estimate of drug-likeness (QED) is 0.488. The van der Waals surface area contributed by atoms with Crippen LogP contribution in [0.25, 0.3) is 10.9 Å². The third kappa shape index (κ3) is 3.94. The van der Waals surface area contributed by atoms with E-state index in [1.165, 1.54) is 0 Å². The molecule has 0 spiro atoms. The Balaban J connectivity index is 1.98. The molecule has 0 saturated heterocycles. The molecule has 0 atom stereocenters. The first kappa shape index (κ1) is 18.1. The number of pyridine rings is 2. The van der Waals surface area contributed by atoms with Gasteiger partial charge in [0.25, 0.3) is 5.56 Å². The summed E-state index contributed by atoms with van der Waals surface area (Å²) < 4.78 is 1.59. The molecule has 0 amide bonds. The van der Waals surface area contributed by atoms with E-state index in [9.17, 15) is 4.79 Å². The van der Waals surface area contributed by atoms with Crippen LogP contribution in [0.3, 0.4) is 0 Å². The Morgan fingerprint density at radius 3 is 2.81 bits per heavy atom.